The van der Waals surface area contributed by atoms with Gasteiger partial charge in [0.15, 0.2) is 5.82 Å². The SMILES string of the molecule is Cc1cc(-c2ccccc2)ccc1-c1ncc2ccccc2n1. The molecular weight excluding hydrogens is 280 g/mol. The van der Waals surface area contributed by atoms with E-state index in [0.29, 0.717) is 0 Å². The monoisotopic (exact) mass is 296 g/mol. The Labute approximate surface area is 135 Å². The first-order valence-electron chi connectivity index (χ1n) is 7.69. The van der Waals surface area contributed by atoms with E-state index in [1.807, 2.05) is 36.5 Å². The highest BCUT2D eigenvalue weighted by Crippen LogP contribution is 2.27. The second kappa shape index (κ2) is 5.65. The van der Waals surface area contributed by atoms with Gasteiger partial charge >= 0.3 is 0 Å². The van der Waals surface area contributed by atoms with Crippen molar-refractivity contribution in [2.45, 2.75) is 6.92 Å². The Hall–Kier alpha value is -3.00. The fourth-order valence-corrected chi connectivity index (χ4v) is 2.83. The molecule has 0 saturated heterocycles. The number of benzene rings is 3. The zero-order valence-corrected chi connectivity index (χ0v) is 12.9. The van der Waals surface area contributed by atoms with Crippen molar-refractivity contribution < 1.29 is 0 Å². The smallest absolute Gasteiger partial charge is 0.160 e. The van der Waals surface area contributed by atoms with Crippen LogP contribution in [0.2, 0.25) is 0 Å². The molecular formula is C21H16N2. The van der Waals surface area contributed by atoms with Gasteiger partial charge in [-0.25, -0.2) is 9.97 Å². The van der Waals surface area contributed by atoms with Crippen molar-refractivity contribution in [2.75, 3.05) is 0 Å². The van der Waals surface area contributed by atoms with Gasteiger partial charge in [0.25, 0.3) is 0 Å². The minimum absolute atomic E-state index is 0.779. The Morgan fingerprint density at radius 3 is 2.35 bits per heavy atom. The molecule has 1 heterocycles. The topological polar surface area (TPSA) is 25.8 Å². The van der Waals surface area contributed by atoms with Crippen LogP contribution in [0.1, 0.15) is 5.56 Å². The van der Waals surface area contributed by atoms with Crippen LogP contribution in [0.5, 0.6) is 0 Å². The summed E-state index contributed by atoms with van der Waals surface area (Å²) in [7, 11) is 0. The predicted molar refractivity (Wildman–Crippen MR) is 95.1 cm³/mol. The highest BCUT2D eigenvalue weighted by Gasteiger charge is 2.08. The van der Waals surface area contributed by atoms with Crippen molar-refractivity contribution in [3.63, 3.8) is 0 Å². The molecule has 23 heavy (non-hydrogen) atoms. The fraction of sp³-hybridized carbons (Fsp3) is 0.0476. The van der Waals surface area contributed by atoms with Crippen LogP contribution in [0.3, 0.4) is 0 Å². The standard InChI is InChI=1S/C21H16N2/c1-15-13-17(16-7-3-2-4-8-16)11-12-19(15)21-22-14-18-9-5-6-10-20(18)23-21/h2-14H,1H3. The third-order valence-electron chi connectivity index (χ3n) is 4.06. The van der Waals surface area contributed by atoms with Crippen molar-refractivity contribution in [1.29, 1.82) is 0 Å². The number of nitrogens with zero attached hydrogens (tertiary/aromatic N) is 2. The summed E-state index contributed by atoms with van der Waals surface area (Å²) in [6, 6.07) is 24.9. The molecule has 0 aliphatic heterocycles. The Bertz CT molecular complexity index is 975. The molecule has 2 heteroatoms. The molecule has 0 aliphatic rings. The van der Waals surface area contributed by atoms with E-state index in [0.717, 1.165) is 22.3 Å². The largest absolute Gasteiger partial charge is 0.236 e. The summed E-state index contributed by atoms with van der Waals surface area (Å²) in [4.78, 5) is 9.23. The molecule has 0 N–H and O–H groups in total. The van der Waals surface area contributed by atoms with Gasteiger partial charge in [-0.2, -0.15) is 0 Å². The van der Waals surface area contributed by atoms with Crippen LogP contribution in [-0.4, -0.2) is 9.97 Å². The molecule has 0 saturated carbocycles. The van der Waals surface area contributed by atoms with Gasteiger partial charge in [0.05, 0.1) is 5.52 Å². The van der Waals surface area contributed by atoms with E-state index >= 15 is 0 Å². The third kappa shape index (κ3) is 2.59. The van der Waals surface area contributed by atoms with Crippen molar-refractivity contribution >= 4 is 10.9 Å². The molecule has 4 rings (SSSR count). The number of rotatable bonds is 2. The second-order valence-electron chi connectivity index (χ2n) is 5.65. The number of para-hydroxylation sites is 1. The van der Waals surface area contributed by atoms with E-state index in [-0.39, 0.29) is 0 Å². The number of aromatic nitrogens is 2. The van der Waals surface area contributed by atoms with Crippen LogP contribution < -0.4 is 0 Å². The van der Waals surface area contributed by atoms with Crippen LogP contribution >= 0.6 is 0 Å². The van der Waals surface area contributed by atoms with E-state index in [1.165, 1.54) is 16.7 Å². The van der Waals surface area contributed by atoms with Gasteiger partial charge in [-0.15, -0.1) is 0 Å². The number of hydrogen-bond donors (Lipinski definition) is 0. The molecule has 0 atom stereocenters. The van der Waals surface area contributed by atoms with Crippen LogP contribution in [0.25, 0.3) is 33.4 Å². The summed E-state index contributed by atoms with van der Waals surface area (Å²) in [6.07, 6.45) is 1.89. The van der Waals surface area contributed by atoms with Gasteiger partial charge in [-0.1, -0.05) is 66.7 Å². The normalized spacial score (nSPS) is 10.8. The van der Waals surface area contributed by atoms with Gasteiger partial charge in [-0.3, -0.25) is 0 Å². The van der Waals surface area contributed by atoms with Gasteiger partial charge in [0.1, 0.15) is 0 Å². The van der Waals surface area contributed by atoms with Gasteiger partial charge in [0.2, 0.25) is 0 Å². The minimum atomic E-state index is 0.779. The van der Waals surface area contributed by atoms with Crippen LogP contribution in [0, 0.1) is 6.92 Å². The first-order chi connectivity index (χ1) is 11.3. The lowest BCUT2D eigenvalue weighted by Crippen LogP contribution is -1.92. The first kappa shape index (κ1) is 13.6. The fourth-order valence-electron chi connectivity index (χ4n) is 2.83. The Morgan fingerprint density at radius 2 is 1.52 bits per heavy atom. The van der Waals surface area contributed by atoms with Crippen LogP contribution in [0.4, 0.5) is 0 Å². The molecule has 2 nitrogen and oxygen atoms in total. The second-order valence-corrected chi connectivity index (χ2v) is 5.65. The maximum absolute atomic E-state index is 4.70. The van der Waals surface area contributed by atoms with E-state index in [9.17, 15) is 0 Å². The number of fused-ring (bicyclic) bond motifs is 1. The predicted octanol–water partition coefficient (Wildman–Crippen LogP) is 5.27. The maximum atomic E-state index is 4.70. The molecule has 1 aromatic heterocycles. The summed E-state index contributed by atoms with van der Waals surface area (Å²) in [5, 5.41) is 1.06. The lowest BCUT2D eigenvalue weighted by molar-refractivity contribution is 1.21. The summed E-state index contributed by atoms with van der Waals surface area (Å²) in [5.41, 5.74) is 5.68. The molecule has 3 aromatic carbocycles. The van der Waals surface area contributed by atoms with E-state index < -0.39 is 0 Å². The highest BCUT2D eigenvalue weighted by atomic mass is 14.9. The minimum Gasteiger partial charge on any atom is -0.236 e. The van der Waals surface area contributed by atoms with E-state index in [2.05, 4.69) is 54.4 Å². The lowest BCUT2D eigenvalue weighted by Gasteiger charge is -2.08. The quantitative estimate of drug-likeness (QED) is 0.503. The van der Waals surface area contributed by atoms with E-state index in [1.54, 1.807) is 0 Å². The third-order valence-corrected chi connectivity index (χ3v) is 4.06. The van der Waals surface area contributed by atoms with Crippen molar-refractivity contribution in [1.82, 2.24) is 9.97 Å². The lowest BCUT2D eigenvalue weighted by atomic mass is 9.99. The van der Waals surface area contributed by atoms with Gasteiger partial charge in [-0.05, 0) is 29.7 Å². The molecule has 0 fully saturated rings. The van der Waals surface area contributed by atoms with E-state index in [4.69, 9.17) is 4.98 Å². The first-order valence-corrected chi connectivity index (χ1v) is 7.69. The average Bonchev–Trinajstić information content (AvgIpc) is 2.62. The molecule has 4 aromatic rings. The number of aryl methyl sites for hydroxylation is 1. The Kier molecular flexibility index (Phi) is 3.35. The molecule has 0 aliphatic carbocycles. The molecule has 0 unspecified atom stereocenters. The zero-order chi connectivity index (χ0) is 15.6. The molecule has 0 spiro atoms. The Balaban J connectivity index is 1.79. The molecule has 0 amide bonds. The van der Waals surface area contributed by atoms with Crippen molar-refractivity contribution in [2.24, 2.45) is 0 Å². The molecule has 0 radical (unpaired) electrons. The molecule has 110 valence electrons. The summed E-state index contributed by atoms with van der Waals surface area (Å²) >= 11 is 0. The van der Waals surface area contributed by atoms with Crippen molar-refractivity contribution in [3.05, 3.63) is 84.6 Å². The van der Waals surface area contributed by atoms with Gasteiger partial charge in [0, 0.05) is 17.1 Å². The summed E-state index contributed by atoms with van der Waals surface area (Å²) in [6.45, 7) is 2.11. The average molecular weight is 296 g/mol. The molecule has 0 bridgehead atoms. The van der Waals surface area contributed by atoms with Crippen LogP contribution in [-0.2, 0) is 0 Å². The highest BCUT2D eigenvalue weighted by molar-refractivity contribution is 5.80. The summed E-state index contributed by atoms with van der Waals surface area (Å²) in [5.74, 6) is 0.779. The number of hydrogen-bond acceptors (Lipinski definition) is 2. The zero-order valence-electron chi connectivity index (χ0n) is 12.9. The Morgan fingerprint density at radius 1 is 0.739 bits per heavy atom. The van der Waals surface area contributed by atoms with Crippen molar-refractivity contribution in [3.8, 4) is 22.5 Å². The summed E-state index contributed by atoms with van der Waals surface area (Å²) < 4.78 is 0. The maximum Gasteiger partial charge on any atom is 0.160 e. The van der Waals surface area contributed by atoms with Crippen LogP contribution in [0.15, 0.2) is 79.0 Å². The van der Waals surface area contributed by atoms with Gasteiger partial charge < -0.3 is 0 Å².